The predicted molar refractivity (Wildman–Crippen MR) is 58.1 cm³/mol. The normalized spacial score (nSPS) is 44.6. The third-order valence-corrected chi connectivity index (χ3v) is 5.08. The highest BCUT2D eigenvalue weighted by Gasteiger charge is 2.63. The van der Waals surface area contributed by atoms with Gasteiger partial charge in [0.15, 0.2) is 0 Å². The van der Waals surface area contributed by atoms with Crippen LogP contribution in [0.4, 0.5) is 0 Å². The van der Waals surface area contributed by atoms with Gasteiger partial charge in [0.25, 0.3) is 0 Å². The van der Waals surface area contributed by atoms with Crippen molar-refractivity contribution < 1.29 is 5.11 Å². The first-order valence-corrected chi connectivity index (χ1v) is 5.93. The van der Waals surface area contributed by atoms with E-state index in [4.69, 9.17) is 0 Å². The fourth-order valence-corrected chi connectivity index (χ4v) is 3.81. The Kier molecular flexibility index (Phi) is 2.39. The summed E-state index contributed by atoms with van der Waals surface area (Å²) in [6.45, 7) is 8.83. The monoisotopic (exact) mass is 197 g/mol. The number of hydrogen-bond acceptors (Lipinski definition) is 2. The standard InChI is InChI=1S/C12H23NO/c1-4-13-8-12-6-5-9(7-10(12)14)11(12,2)3/h9-10,13-14H,4-8H2,1-3H3/t9-,10-,12-/m1/s1. The van der Waals surface area contributed by atoms with E-state index in [1.54, 1.807) is 0 Å². The predicted octanol–water partition coefficient (Wildman–Crippen LogP) is 1.78. The molecule has 2 aliphatic rings. The number of aliphatic hydroxyl groups is 1. The van der Waals surface area contributed by atoms with Crippen LogP contribution in [-0.2, 0) is 0 Å². The van der Waals surface area contributed by atoms with Crippen LogP contribution < -0.4 is 5.32 Å². The molecule has 0 spiro atoms. The summed E-state index contributed by atoms with van der Waals surface area (Å²) in [5.41, 5.74) is 0.488. The Morgan fingerprint density at radius 3 is 2.57 bits per heavy atom. The van der Waals surface area contributed by atoms with Crippen LogP contribution in [0, 0.1) is 16.7 Å². The van der Waals surface area contributed by atoms with E-state index in [1.807, 2.05) is 0 Å². The summed E-state index contributed by atoms with van der Waals surface area (Å²) in [7, 11) is 0. The molecule has 0 aliphatic heterocycles. The van der Waals surface area contributed by atoms with E-state index in [0.717, 1.165) is 25.4 Å². The lowest BCUT2D eigenvalue weighted by atomic mass is 9.68. The van der Waals surface area contributed by atoms with Gasteiger partial charge < -0.3 is 10.4 Å². The molecule has 82 valence electrons. The summed E-state index contributed by atoms with van der Waals surface area (Å²) >= 11 is 0. The molecule has 2 rings (SSSR count). The summed E-state index contributed by atoms with van der Waals surface area (Å²) in [4.78, 5) is 0. The number of hydrogen-bond donors (Lipinski definition) is 2. The highest BCUT2D eigenvalue weighted by atomic mass is 16.3. The van der Waals surface area contributed by atoms with E-state index in [0.29, 0.717) is 5.41 Å². The van der Waals surface area contributed by atoms with Crippen molar-refractivity contribution in [1.29, 1.82) is 0 Å². The van der Waals surface area contributed by atoms with Crippen molar-refractivity contribution in [3.05, 3.63) is 0 Å². The molecule has 2 bridgehead atoms. The first kappa shape index (κ1) is 10.4. The van der Waals surface area contributed by atoms with Crippen molar-refractivity contribution in [1.82, 2.24) is 5.32 Å². The van der Waals surface area contributed by atoms with Gasteiger partial charge in [-0.3, -0.25) is 0 Å². The first-order chi connectivity index (χ1) is 6.54. The second kappa shape index (κ2) is 3.21. The van der Waals surface area contributed by atoms with Crippen molar-refractivity contribution in [2.24, 2.45) is 16.7 Å². The molecular weight excluding hydrogens is 174 g/mol. The van der Waals surface area contributed by atoms with Crippen molar-refractivity contribution >= 4 is 0 Å². The SMILES string of the molecule is CCNC[C@]12CC[C@H](C[C@H]1O)C2(C)C. The Balaban J connectivity index is 2.21. The molecule has 0 aromatic carbocycles. The summed E-state index contributed by atoms with van der Waals surface area (Å²) in [5, 5.41) is 13.6. The lowest BCUT2D eigenvalue weighted by molar-refractivity contribution is -0.00193. The Bertz CT molecular complexity index is 226. The molecule has 0 aromatic rings. The Morgan fingerprint density at radius 2 is 2.14 bits per heavy atom. The van der Waals surface area contributed by atoms with Gasteiger partial charge in [0, 0.05) is 12.0 Å². The van der Waals surface area contributed by atoms with Gasteiger partial charge in [0.1, 0.15) is 0 Å². The van der Waals surface area contributed by atoms with Crippen molar-refractivity contribution in [3.8, 4) is 0 Å². The molecule has 2 N–H and O–H groups in total. The zero-order valence-electron chi connectivity index (χ0n) is 9.64. The number of fused-ring (bicyclic) bond motifs is 2. The minimum absolute atomic E-state index is 0.0738. The zero-order chi connectivity index (χ0) is 10.4. The van der Waals surface area contributed by atoms with Gasteiger partial charge in [-0.25, -0.2) is 0 Å². The molecule has 0 saturated heterocycles. The molecule has 0 amide bonds. The average Bonchev–Trinajstić information content (AvgIpc) is 2.48. The van der Waals surface area contributed by atoms with Crippen LogP contribution in [0.25, 0.3) is 0 Å². The minimum atomic E-state index is -0.0738. The van der Waals surface area contributed by atoms with Gasteiger partial charge in [0.05, 0.1) is 6.10 Å². The minimum Gasteiger partial charge on any atom is -0.392 e. The molecule has 3 atom stereocenters. The van der Waals surface area contributed by atoms with Gasteiger partial charge in [-0.2, -0.15) is 0 Å². The Morgan fingerprint density at radius 1 is 1.43 bits per heavy atom. The van der Waals surface area contributed by atoms with Crippen molar-refractivity contribution in [2.75, 3.05) is 13.1 Å². The summed E-state index contributed by atoms with van der Waals surface area (Å²) < 4.78 is 0. The fourth-order valence-electron chi connectivity index (χ4n) is 3.81. The third kappa shape index (κ3) is 1.10. The zero-order valence-corrected chi connectivity index (χ0v) is 9.64. The second-order valence-electron chi connectivity index (χ2n) is 5.65. The van der Waals surface area contributed by atoms with Crippen LogP contribution >= 0.6 is 0 Å². The lowest BCUT2D eigenvalue weighted by Gasteiger charge is -2.40. The van der Waals surface area contributed by atoms with Crippen molar-refractivity contribution in [2.45, 2.75) is 46.1 Å². The molecule has 2 aliphatic carbocycles. The molecular formula is C12H23NO. The maximum atomic E-state index is 10.2. The van der Waals surface area contributed by atoms with Crippen LogP contribution in [0.5, 0.6) is 0 Å². The van der Waals surface area contributed by atoms with E-state index in [1.165, 1.54) is 12.8 Å². The number of aliphatic hydroxyl groups excluding tert-OH is 1. The molecule has 0 radical (unpaired) electrons. The number of nitrogens with one attached hydrogen (secondary N) is 1. The van der Waals surface area contributed by atoms with E-state index < -0.39 is 0 Å². The van der Waals surface area contributed by atoms with E-state index in [9.17, 15) is 5.11 Å². The molecule has 14 heavy (non-hydrogen) atoms. The maximum absolute atomic E-state index is 10.2. The van der Waals surface area contributed by atoms with Crippen LogP contribution in [0.3, 0.4) is 0 Å². The Labute approximate surface area is 87.1 Å². The molecule has 0 unspecified atom stereocenters. The molecule has 2 fully saturated rings. The quantitative estimate of drug-likeness (QED) is 0.723. The van der Waals surface area contributed by atoms with Crippen LogP contribution in [-0.4, -0.2) is 24.3 Å². The first-order valence-electron chi connectivity index (χ1n) is 5.93. The van der Waals surface area contributed by atoms with Crippen molar-refractivity contribution in [3.63, 3.8) is 0 Å². The third-order valence-electron chi connectivity index (χ3n) is 5.08. The molecule has 0 aromatic heterocycles. The highest BCUT2D eigenvalue weighted by Crippen LogP contribution is 2.65. The van der Waals surface area contributed by atoms with Gasteiger partial charge in [-0.05, 0) is 37.1 Å². The second-order valence-corrected chi connectivity index (χ2v) is 5.65. The Hall–Kier alpha value is -0.0800. The number of rotatable bonds is 3. The van der Waals surface area contributed by atoms with Gasteiger partial charge in [-0.1, -0.05) is 20.8 Å². The summed E-state index contributed by atoms with van der Waals surface area (Å²) in [5.74, 6) is 0.746. The van der Waals surface area contributed by atoms with Gasteiger partial charge in [-0.15, -0.1) is 0 Å². The molecule has 2 saturated carbocycles. The van der Waals surface area contributed by atoms with Crippen LogP contribution in [0.2, 0.25) is 0 Å². The van der Waals surface area contributed by atoms with E-state index in [-0.39, 0.29) is 11.5 Å². The van der Waals surface area contributed by atoms with E-state index >= 15 is 0 Å². The largest absolute Gasteiger partial charge is 0.392 e. The van der Waals surface area contributed by atoms with Crippen LogP contribution in [0.15, 0.2) is 0 Å². The maximum Gasteiger partial charge on any atom is 0.0616 e. The van der Waals surface area contributed by atoms with Gasteiger partial charge >= 0.3 is 0 Å². The van der Waals surface area contributed by atoms with E-state index in [2.05, 4.69) is 26.1 Å². The summed E-state index contributed by atoms with van der Waals surface area (Å²) in [6.07, 6.45) is 3.47. The lowest BCUT2D eigenvalue weighted by Crippen LogP contribution is -2.46. The molecule has 0 heterocycles. The van der Waals surface area contributed by atoms with Gasteiger partial charge in [0.2, 0.25) is 0 Å². The van der Waals surface area contributed by atoms with Crippen LogP contribution in [0.1, 0.15) is 40.0 Å². The average molecular weight is 197 g/mol. The summed E-state index contributed by atoms with van der Waals surface area (Å²) in [6, 6.07) is 0. The smallest absolute Gasteiger partial charge is 0.0616 e. The molecule has 2 heteroatoms. The molecule has 2 nitrogen and oxygen atoms in total. The fraction of sp³-hybridized carbons (Fsp3) is 1.00. The highest BCUT2D eigenvalue weighted by molar-refractivity contribution is 5.13. The topological polar surface area (TPSA) is 32.3 Å².